The zero-order chi connectivity index (χ0) is 14.4. The third kappa shape index (κ3) is 5.73. The van der Waals surface area contributed by atoms with Crippen LogP contribution >= 0.6 is 0 Å². The number of hydrogen-bond acceptors (Lipinski definition) is 2. The second kappa shape index (κ2) is 7.79. The lowest BCUT2D eigenvalue weighted by atomic mass is 9.79. The minimum Gasteiger partial charge on any atom is -0.313 e. The molecule has 1 N–H and O–H groups in total. The second-order valence-electron chi connectivity index (χ2n) is 7.99. The molecular weight excluding hydrogens is 244 g/mol. The maximum atomic E-state index is 3.84. The summed E-state index contributed by atoms with van der Waals surface area (Å²) in [6, 6.07) is 0.857. The highest BCUT2D eigenvalue weighted by atomic mass is 15.1. The molecule has 2 fully saturated rings. The summed E-state index contributed by atoms with van der Waals surface area (Å²) in [6.07, 6.45) is 12.9. The van der Waals surface area contributed by atoms with Crippen LogP contribution in [0.15, 0.2) is 0 Å². The van der Waals surface area contributed by atoms with Gasteiger partial charge in [0, 0.05) is 19.1 Å². The molecule has 0 amide bonds. The van der Waals surface area contributed by atoms with Crippen molar-refractivity contribution in [1.82, 2.24) is 10.2 Å². The fourth-order valence-corrected chi connectivity index (χ4v) is 3.65. The topological polar surface area (TPSA) is 15.3 Å². The Kier molecular flexibility index (Phi) is 6.35. The lowest BCUT2D eigenvalue weighted by Crippen LogP contribution is -2.43. The molecule has 0 aliphatic heterocycles. The van der Waals surface area contributed by atoms with Gasteiger partial charge in [-0.1, -0.05) is 39.5 Å². The molecule has 118 valence electrons. The Hall–Kier alpha value is -0.0800. The normalized spacial score (nSPS) is 23.2. The van der Waals surface area contributed by atoms with Gasteiger partial charge in [0.05, 0.1) is 0 Å². The van der Waals surface area contributed by atoms with E-state index in [1.165, 1.54) is 77.4 Å². The van der Waals surface area contributed by atoms with Gasteiger partial charge in [0.25, 0.3) is 0 Å². The number of hydrogen-bond donors (Lipinski definition) is 1. The average molecular weight is 280 g/mol. The van der Waals surface area contributed by atoms with E-state index in [4.69, 9.17) is 0 Å². The van der Waals surface area contributed by atoms with Crippen LogP contribution in [0.3, 0.4) is 0 Å². The molecule has 0 radical (unpaired) electrons. The first-order chi connectivity index (χ1) is 9.60. The second-order valence-corrected chi connectivity index (χ2v) is 7.99. The third-order valence-electron chi connectivity index (χ3n) is 5.20. The Balaban J connectivity index is 1.85. The van der Waals surface area contributed by atoms with E-state index >= 15 is 0 Å². The predicted molar refractivity (Wildman–Crippen MR) is 88.1 cm³/mol. The van der Waals surface area contributed by atoms with Crippen molar-refractivity contribution in [3.8, 4) is 0 Å². The molecule has 0 heterocycles. The molecule has 20 heavy (non-hydrogen) atoms. The van der Waals surface area contributed by atoms with Crippen molar-refractivity contribution in [2.75, 3.05) is 26.7 Å². The minimum atomic E-state index is 0.560. The highest BCUT2D eigenvalue weighted by Gasteiger charge is 2.34. The molecule has 2 nitrogen and oxygen atoms in total. The Labute approximate surface area is 126 Å². The molecule has 0 saturated heterocycles. The van der Waals surface area contributed by atoms with Crippen LogP contribution in [0.4, 0.5) is 0 Å². The number of rotatable bonds is 8. The van der Waals surface area contributed by atoms with Crippen molar-refractivity contribution in [3.63, 3.8) is 0 Å². The van der Waals surface area contributed by atoms with Crippen LogP contribution in [0.5, 0.6) is 0 Å². The van der Waals surface area contributed by atoms with Gasteiger partial charge in [-0.2, -0.15) is 0 Å². The molecular formula is C18H36N2. The van der Waals surface area contributed by atoms with Crippen molar-refractivity contribution < 1.29 is 0 Å². The number of nitrogens with zero attached hydrogens (tertiary/aromatic N) is 1. The van der Waals surface area contributed by atoms with Crippen LogP contribution < -0.4 is 5.32 Å². The van der Waals surface area contributed by atoms with E-state index in [1.54, 1.807) is 0 Å². The predicted octanol–water partition coefficient (Wildman–Crippen LogP) is 4.06. The quantitative estimate of drug-likeness (QED) is 0.675. The molecule has 0 unspecified atom stereocenters. The third-order valence-corrected chi connectivity index (χ3v) is 5.20. The zero-order valence-electron chi connectivity index (χ0n) is 14.1. The van der Waals surface area contributed by atoms with Crippen LogP contribution in [0.1, 0.15) is 71.6 Å². The van der Waals surface area contributed by atoms with Gasteiger partial charge >= 0.3 is 0 Å². The SMILES string of the molecule is CC(C)CCN(C)CC1(CNC2CC2)CCCCCC1. The standard InChI is InChI=1S/C18H36N2/c1-16(2)10-13-20(3)15-18(14-19-17-8-9-17)11-6-4-5-7-12-18/h16-17,19H,4-15H2,1-3H3. The molecule has 2 rings (SSSR count). The van der Waals surface area contributed by atoms with Crippen molar-refractivity contribution in [3.05, 3.63) is 0 Å². The average Bonchev–Trinajstić information content (AvgIpc) is 3.22. The van der Waals surface area contributed by atoms with Gasteiger partial charge in [-0.05, 0) is 57.0 Å². The molecule has 0 aromatic carbocycles. The first kappa shape index (κ1) is 16.3. The molecule has 2 heteroatoms. The van der Waals surface area contributed by atoms with E-state index in [1.807, 2.05) is 0 Å². The lowest BCUT2D eigenvalue weighted by molar-refractivity contribution is 0.142. The van der Waals surface area contributed by atoms with E-state index < -0.39 is 0 Å². The van der Waals surface area contributed by atoms with Gasteiger partial charge in [0.15, 0.2) is 0 Å². The van der Waals surface area contributed by atoms with Gasteiger partial charge < -0.3 is 10.2 Å². The fourth-order valence-electron chi connectivity index (χ4n) is 3.65. The fraction of sp³-hybridized carbons (Fsp3) is 1.00. The molecule has 0 aromatic rings. The summed E-state index contributed by atoms with van der Waals surface area (Å²) in [4.78, 5) is 2.61. The Bertz CT molecular complexity index is 263. The summed E-state index contributed by atoms with van der Waals surface area (Å²) in [5.41, 5.74) is 0.560. The molecule has 0 aromatic heterocycles. The van der Waals surface area contributed by atoms with E-state index in [0.717, 1.165) is 12.0 Å². The summed E-state index contributed by atoms with van der Waals surface area (Å²) >= 11 is 0. The molecule has 0 bridgehead atoms. The minimum absolute atomic E-state index is 0.560. The Morgan fingerprint density at radius 3 is 2.30 bits per heavy atom. The van der Waals surface area contributed by atoms with Crippen molar-refractivity contribution >= 4 is 0 Å². The molecule has 2 saturated carbocycles. The van der Waals surface area contributed by atoms with Crippen LogP contribution in [0.2, 0.25) is 0 Å². The van der Waals surface area contributed by atoms with Crippen molar-refractivity contribution in [1.29, 1.82) is 0 Å². The summed E-state index contributed by atoms with van der Waals surface area (Å²) in [5.74, 6) is 0.826. The summed E-state index contributed by atoms with van der Waals surface area (Å²) < 4.78 is 0. The first-order valence-corrected chi connectivity index (χ1v) is 9.02. The van der Waals surface area contributed by atoms with Gasteiger partial charge in [0.1, 0.15) is 0 Å². The van der Waals surface area contributed by atoms with Crippen LogP contribution in [-0.4, -0.2) is 37.6 Å². The van der Waals surface area contributed by atoms with Crippen LogP contribution in [0, 0.1) is 11.3 Å². The molecule has 0 atom stereocenters. The molecule has 2 aliphatic carbocycles. The lowest BCUT2D eigenvalue weighted by Gasteiger charge is -2.37. The van der Waals surface area contributed by atoms with E-state index in [0.29, 0.717) is 5.41 Å². The van der Waals surface area contributed by atoms with Gasteiger partial charge in [0.2, 0.25) is 0 Å². The first-order valence-electron chi connectivity index (χ1n) is 9.02. The number of nitrogens with one attached hydrogen (secondary N) is 1. The molecule has 0 spiro atoms. The summed E-state index contributed by atoms with van der Waals surface area (Å²) in [6.45, 7) is 8.51. The van der Waals surface area contributed by atoms with Gasteiger partial charge in [-0.25, -0.2) is 0 Å². The Morgan fingerprint density at radius 2 is 1.75 bits per heavy atom. The van der Waals surface area contributed by atoms with E-state index in [2.05, 4.69) is 31.1 Å². The van der Waals surface area contributed by atoms with Crippen LogP contribution in [-0.2, 0) is 0 Å². The summed E-state index contributed by atoms with van der Waals surface area (Å²) in [7, 11) is 2.34. The maximum absolute atomic E-state index is 3.84. The Morgan fingerprint density at radius 1 is 1.10 bits per heavy atom. The smallest absolute Gasteiger partial charge is 0.00684 e. The van der Waals surface area contributed by atoms with Crippen molar-refractivity contribution in [2.45, 2.75) is 77.7 Å². The summed E-state index contributed by atoms with van der Waals surface area (Å²) in [5, 5.41) is 3.84. The van der Waals surface area contributed by atoms with E-state index in [9.17, 15) is 0 Å². The highest BCUT2D eigenvalue weighted by molar-refractivity contribution is 4.90. The van der Waals surface area contributed by atoms with Gasteiger partial charge in [-0.3, -0.25) is 0 Å². The van der Waals surface area contributed by atoms with Crippen molar-refractivity contribution in [2.24, 2.45) is 11.3 Å². The van der Waals surface area contributed by atoms with E-state index in [-0.39, 0.29) is 0 Å². The molecule has 2 aliphatic rings. The zero-order valence-corrected chi connectivity index (χ0v) is 14.1. The maximum Gasteiger partial charge on any atom is 0.00684 e. The monoisotopic (exact) mass is 280 g/mol. The highest BCUT2D eigenvalue weighted by Crippen LogP contribution is 2.36. The van der Waals surface area contributed by atoms with Crippen LogP contribution in [0.25, 0.3) is 0 Å². The largest absolute Gasteiger partial charge is 0.313 e. The van der Waals surface area contributed by atoms with Gasteiger partial charge in [-0.15, -0.1) is 0 Å².